The molecule has 1 aromatic heterocycles. The number of hydrogen-bond acceptors (Lipinski definition) is 3. The molecule has 0 aliphatic heterocycles. The predicted molar refractivity (Wildman–Crippen MR) is 68.4 cm³/mol. The first-order valence-electron chi connectivity index (χ1n) is 4.73. The molecule has 17 heavy (non-hydrogen) atoms. The second-order valence-electron chi connectivity index (χ2n) is 3.31. The maximum atomic E-state index is 13.7. The Kier molecular flexibility index (Phi) is 3.59. The number of methoxy groups -OCH3 is 1. The summed E-state index contributed by atoms with van der Waals surface area (Å²) in [6, 6.07) is 4.20. The van der Waals surface area contributed by atoms with Gasteiger partial charge in [-0.1, -0.05) is 0 Å². The zero-order valence-electron chi connectivity index (χ0n) is 8.87. The van der Waals surface area contributed by atoms with Crippen LogP contribution in [0.1, 0.15) is 15.9 Å². The van der Waals surface area contributed by atoms with Crippen molar-refractivity contribution < 1.29 is 13.9 Å². The van der Waals surface area contributed by atoms with Crippen molar-refractivity contribution in [1.82, 2.24) is 0 Å². The molecule has 0 saturated heterocycles. The topological polar surface area (TPSA) is 26.3 Å². The summed E-state index contributed by atoms with van der Waals surface area (Å²) in [6.07, 6.45) is 0. The summed E-state index contributed by atoms with van der Waals surface area (Å²) < 4.78 is 19.3. The molecule has 0 bridgehead atoms. The Hall–Kier alpha value is -1.20. The molecule has 0 unspecified atom stereocenters. The summed E-state index contributed by atoms with van der Waals surface area (Å²) in [5, 5.41) is 3.48. The Bertz CT molecular complexity index is 565. The van der Waals surface area contributed by atoms with E-state index < -0.39 is 5.82 Å². The standard InChI is InChI=1S/C12H8BrFO2S/c1-16-7-2-3-8(11(14)4-7)12(15)9-5-17-6-10(9)13/h2-6H,1H3. The largest absolute Gasteiger partial charge is 0.497 e. The van der Waals surface area contributed by atoms with Crippen LogP contribution in [0, 0.1) is 5.82 Å². The van der Waals surface area contributed by atoms with Gasteiger partial charge in [0.2, 0.25) is 0 Å². The number of halogens is 2. The number of rotatable bonds is 3. The lowest BCUT2D eigenvalue weighted by Crippen LogP contribution is -2.03. The van der Waals surface area contributed by atoms with E-state index in [2.05, 4.69) is 15.9 Å². The fourth-order valence-electron chi connectivity index (χ4n) is 1.40. The van der Waals surface area contributed by atoms with Gasteiger partial charge in [-0.15, -0.1) is 0 Å². The van der Waals surface area contributed by atoms with Crippen molar-refractivity contribution in [2.75, 3.05) is 7.11 Å². The first-order valence-corrected chi connectivity index (χ1v) is 6.47. The van der Waals surface area contributed by atoms with Gasteiger partial charge in [0, 0.05) is 26.9 Å². The molecule has 1 aromatic carbocycles. The van der Waals surface area contributed by atoms with Gasteiger partial charge >= 0.3 is 0 Å². The summed E-state index contributed by atoms with van der Waals surface area (Å²) in [4.78, 5) is 12.0. The predicted octanol–water partition coefficient (Wildman–Crippen LogP) is 3.89. The Morgan fingerprint density at radius 3 is 2.65 bits per heavy atom. The second-order valence-corrected chi connectivity index (χ2v) is 4.91. The molecule has 5 heteroatoms. The second kappa shape index (κ2) is 4.98. The number of hydrogen-bond donors (Lipinski definition) is 0. The van der Waals surface area contributed by atoms with Gasteiger partial charge in [0.15, 0.2) is 5.78 Å². The molecule has 0 saturated carbocycles. The van der Waals surface area contributed by atoms with E-state index in [1.165, 1.54) is 30.6 Å². The molecule has 0 fully saturated rings. The third-order valence-corrected chi connectivity index (χ3v) is 3.98. The highest BCUT2D eigenvalue weighted by molar-refractivity contribution is 9.10. The van der Waals surface area contributed by atoms with Crippen molar-refractivity contribution in [3.05, 3.63) is 50.4 Å². The van der Waals surface area contributed by atoms with Crippen LogP contribution in [0.5, 0.6) is 5.75 Å². The van der Waals surface area contributed by atoms with E-state index in [1.807, 2.05) is 0 Å². The van der Waals surface area contributed by atoms with Crippen molar-refractivity contribution in [2.45, 2.75) is 0 Å². The molecule has 0 amide bonds. The summed E-state index contributed by atoms with van der Waals surface area (Å²) in [5.74, 6) is -0.519. The average Bonchev–Trinajstić information content (AvgIpc) is 2.74. The third kappa shape index (κ3) is 2.40. The Morgan fingerprint density at radius 2 is 2.12 bits per heavy atom. The Morgan fingerprint density at radius 1 is 1.35 bits per heavy atom. The number of thiophene rings is 1. The maximum Gasteiger partial charge on any atom is 0.197 e. The zero-order chi connectivity index (χ0) is 12.4. The van der Waals surface area contributed by atoms with Crippen LogP contribution in [0.4, 0.5) is 4.39 Å². The van der Waals surface area contributed by atoms with Crippen LogP contribution in [0.3, 0.4) is 0 Å². The molecule has 2 aromatic rings. The minimum absolute atomic E-state index is 0.0462. The summed E-state index contributed by atoms with van der Waals surface area (Å²) in [6.45, 7) is 0. The van der Waals surface area contributed by atoms with Crippen molar-refractivity contribution in [2.24, 2.45) is 0 Å². The van der Waals surface area contributed by atoms with Gasteiger partial charge < -0.3 is 4.74 Å². The van der Waals surface area contributed by atoms with Crippen molar-refractivity contribution in [1.29, 1.82) is 0 Å². The van der Waals surface area contributed by atoms with E-state index in [9.17, 15) is 9.18 Å². The van der Waals surface area contributed by atoms with Gasteiger partial charge in [-0.25, -0.2) is 4.39 Å². The molecular weight excluding hydrogens is 307 g/mol. The molecule has 0 aliphatic rings. The van der Waals surface area contributed by atoms with Gasteiger partial charge in [-0.05, 0) is 28.1 Å². The molecule has 2 rings (SSSR count). The van der Waals surface area contributed by atoms with Gasteiger partial charge in [0.1, 0.15) is 11.6 Å². The molecule has 2 nitrogen and oxygen atoms in total. The number of carbonyl (C=O) groups is 1. The molecule has 0 spiro atoms. The van der Waals surface area contributed by atoms with Crippen LogP contribution in [0.2, 0.25) is 0 Å². The SMILES string of the molecule is COc1ccc(C(=O)c2cscc2Br)c(F)c1. The average molecular weight is 315 g/mol. The van der Waals surface area contributed by atoms with E-state index in [0.717, 1.165) is 0 Å². The van der Waals surface area contributed by atoms with E-state index in [1.54, 1.807) is 16.8 Å². The molecule has 88 valence electrons. The van der Waals surface area contributed by atoms with Crippen molar-refractivity contribution in [3.63, 3.8) is 0 Å². The first-order chi connectivity index (χ1) is 8.13. The van der Waals surface area contributed by atoms with Gasteiger partial charge in [-0.2, -0.15) is 11.3 Å². The highest BCUT2D eigenvalue weighted by Gasteiger charge is 2.17. The summed E-state index contributed by atoms with van der Waals surface area (Å²) in [7, 11) is 1.45. The molecule has 0 radical (unpaired) electrons. The van der Waals surface area contributed by atoms with Gasteiger partial charge in [0.05, 0.1) is 12.7 Å². The number of ether oxygens (including phenoxy) is 1. The summed E-state index contributed by atoms with van der Waals surface area (Å²) >= 11 is 4.65. The maximum absolute atomic E-state index is 13.7. The van der Waals surface area contributed by atoms with Crippen LogP contribution in [-0.4, -0.2) is 12.9 Å². The molecule has 0 aliphatic carbocycles. The monoisotopic (exact) mass is 314 g/mol. The lowest BCUT2D eigenvalue weighted by Gasteiger charge is -2.04. The lowest BCUT2D eigenvalue weighted by molar-refractivity contribution is 0.103. The minimum atomic E-state index is -0.576. The highest BCUT2D eigenvalue weighted by atomic mass is 79.9. The quantitative estimate of drug-likeness (QED) is 0.803. The molecule has 0 N–H and O–H groups in total. The van der Waals surface area contributed by atoms with E-state index in [0.29, 0.717) is 15.8 Å². The number of carbonyl (C=O) groups excluding carboxylic acids is 1. The smallest absolute Gasteiger partial charge is 0.197 e. The van der Waals surface area contributed by atoms with Crippen LogP contribution in [-0.2, 0) is 0 Å². The van der Waals surface area contributed by atoms with Gasteiger partial charge in [-0.3, -0.25) is 4.79 Å². The first kappa shape index (κ1) is 12.3. The van der Waals surface area contributed by atoms with E-state index in [-0.39, 0.29) is 11.3 Å². The van der Waals surface area contributed by atoms with Crippen molar-refractivity contribution in [3.8, 4) is 5.75 Å². The van der Waals surface area contributed by atoms with Crippen LogP contribution >= 0.6 is 27.3 Å². The van der Waals surface area contributed by atoms with Crippen molar-refractivity contribution >= 4 is 33.0 Å². The molecular formula is C12H8BrFO2S. The van der Waals surface area contributed by atoms with Crippen LogP contribution < -0.4 is 4.74 Å². The lowest BCUT2D eigenvalue weighted by atomic mass is 10.1. The zero-order valence-corrected chi connectivity index (χ0v) is 11.3. The minimum Gasteiger partial charge on any atom is -0.497 e. The van der Waals surface area contributed by atoms with E-state index in [4.69, 9.17) is 4.74 Å². The number of benzene rings is 1. The number of ketones is 1. The Labute approximate surface area is 110 Å². The Balaban J connectivity index is 2.41. The van der Waals surface area contributed by atoms with Gasteiger partial charge in [0.25, 0.3) is 0 Å². The third-order valence-electron chi connectivity index (χ3n) is 2.28. The normalized spacial score (nSPS) is 10.3. The molecule has 1 heterocycles. The summed E-state index contributed by atoms with van der Waals surface area (Å²) in [5.41, 5.74) is 0.518. The fraction of sp³-hybridized carbons (Fsp3) is 0.0833. The van der Waals surface area contributed by atoms with Crippen LogP contribution in [0.25, 0.3) is 0 Å². The van der Waals surface area contributed by atoms with Crippen LogP contribution in [0.15, 0.2) is 33.4 Å². The fourth-order valence-corrected chi connectivity index (χ4v) is 2.85. The van der Waals surface area contributed by atoms with E-state index >= 15 is 0 Å². The molecule has 0 atom stereocenters. The highest BCUT2D eigenvalue weighted by Crippen LogP contribution is 2.26.